The molecule has 0 N–H and O–H groups in total. The Kier molecular flexibility index (Phi) is 2.03. The first-order valence-electron chi connectivity index (χ1n) is 3.14. The van der Waals surface area contributed by atoms with Gasteiger partial charge in [0, 0.05) is 6.54 Å². The van der Waals surface area contributed by atoms with E-state index in [-0.39, 0.29) is 5.12 Å². The molecule has 3 nitrogen and oxygen atoms in total. The summed E-state index contributed by atoms with van der Waals surface area (Å²) < 4.78 is 24.7. The average molecular weight is 149 g/mol. The fourth-order valence-corrected chi connectivity index (χ4v) is 0.746. The molecular weight excluding hydrogens is 140 g/mol. The standard InChI is InChI=1S/C5H9F2N3/c1-2-3-10-5(6)9(7)4-8-10/h4-5H,2-3H2,1H3. The van der Waals surface area contributed by atoms with E-state index in [1.54, 1.807) is 0 Å². The largest absolute Gasteiger partial charge is 0.291 e. The van der Waals surface area contributed by atoms with E-state index in [0.29, 0.717) is 6.54 Å². The maximum atomic E-state index is 12.5. The van der Waals surface area contributed by atoms with Crippen LogP contribution >= 0.6 is 0 Å². The summed E-state index contributed by atoms with van der Waals surface area (Å²) in [5.74, 6) is 0. The first-order chi connectivity index (χ1) is 4.75. The van der Waals surface area contributed by atoms with Gasteiger partial charge in [0.05, 0.1) is 0 Å². The van der Waals surface area contributed by atoms with Crippen LogP contribution in [0.3, 0.4) is 0 Å². The fourth-order valence-electron chi connectivity index (χ4n) is 0.746. The van der Waals surface area contributed by atoms with E-state index in [4.69, 9.17) is 0 Å². The summed E-state index contributed by atoms with van der Waals surface area (Å²) in [7, 11) is 0. The average Bonchev–Trinajstić information content (AvgIpc) is 2.20. The number of hydrazone groups is 1. The minimum Gasteiger partial charge on any atom is -0.243 e. The predicted octanol–water partition coefficient (Wildman–Crippen LogP) is 1.09. The van der Waals surface area contributed by atoms with Gasteiger partial charge in [0.1, 0.15) is 6.34 Å². The second kappa shape index (κ2) is 2.81. The maximum Gasteiger partial charge on any atom is 0.291 e. The summed E-state index contributed by atoms with van der Waals surface area (Å²) >= 11 is 0. The zero-order valence-corrected chi connectivity index (χ0v) is 5.67. The Morgan fingerprint density at radius 1 is 1.70 bits per heavy atom. The Morgan fingerprint density at radius 2 is 2.40 bits per heavy atom. The molecular formula is C5H9F2N3. The summed E-state index contributed by atoms with van der Waals surface area (Å²) in [6.45, 7) is 2.32. The molecule has 1 heterocycles. The van der Waals surface area contributed by atoms with Gasteiger partial charge in [-0.3, -0.25) is 0 Å². The first-order valence-corrected chi connectivity index (χ1v) is 3.14. The molecule has 0 spiro atoms. The van der Waals surface area contributed by atoms with Crippen molar-refractivity contribution in [2.75, 3.05) is 6.54 Å². The van der Waals surface area contributed by atoms with Gasteiger partial charge in [-0.2, -0.15) is 9.49 Å². The number of rotatable bonds is 2. The van der Waals surface area contributed by atoms with Crippen molar-refractivity contribution < 1.29 is 8.87 Å². The highest BCUT2D eigenvalue weighted by Crippen LogP contribution is 2.13. The minimum absolute atomic E-state index is 0.0599. The van der Waals surface area contributed by atoms with Crippen molar-refractivity contribution in [3.8, 4) is 0 Å². The van der Waals surface area contributed by atoms with E-state index in [1.807, 2.05) is 6.92 Å². The molecule has 5 heteroatoms. The third-order valence-corrected chi connectivity index (χ3v) is 1.21. The SMILES string of the molecule is CCCN1N=CN(F)C1F. The second-order valence-corrected chi connectivity index (χ2v) is 2.05. The molecule has 1 aliphatic rings. The third kappa shape index (κ3) is 1.17. The van der Waals surface area contributed by atoms with Crippen molar-refractivity contribution in [2.24, 2.45) is 5.10 Å². The van der Waals surface area contributed by atoms with Gasteiger partial charge in [0.2, 0.25) is 0 Å². The van der Waals surface area contributed by atoms with Gasteiger partial charge in [0.15, 0.2) is 0 Å². The monoisotopic (exact) mass is 149 g/mol. The number of alkyl halides is 1. The number of hydrogen-bond acceptors (Lipinski definition) is 3. The lowest BCUT2D eigenvalue weighted by Gasteiger charge is -2.16. The highest BCUT2D eigenvalue weighted by molar-refractivity contribution is 5.54. The topological polar surface area (TPSA) is 18.8 Å². The summed E-state index contributed by atoms with van der Waals surface area (Å²) in [5.41, 5.74) is 0. The van der Waals surface area contributed by atoms with Crippen molar-refractivity contribution in [3.05, 3.63) is 0 Å². The summed E-state index contributed by atoms with van der Waals surface area (Å²) in [6.07, 6.45) is -0.133. The molecule has 0 saturated carbocycles. The van der Waals surface area contributed by atoms with Crippen molar-refractivity contribution in [3.63, 3.8) is 0 Å². The van der Waals surface area contributed by atoms with Gasteiger partial charge in [0.25, 0.3) is 6.42 Å². The molecule has 0 fully saturated rings. The van der Waals surface area contributed by atoms with E-state index < -0.39 is 6.42 Å². The van der Waals surface area contributed by atoms with Gasteiger partial charge in [-0.15, -0.1) is 5.12 Å². The van der Waals surface area contributed by atoms with Crippen molar-refractivity contribution in [1.29, 1.82) is 0 Å². The van der Waals surface area contributed by atoms with E-state index >= 15 is 0 Å². The second-order valence-electron chi connectivity index (χ2n) is 2.05. The Labute approximate surface area is 57.8 Å². The van der Waals surface area contributed by atoms with Crippen LogP contribution in [0.25, 0.3) is 0 Å². The van der Waals surface area contributed by atoms with Crippen molar-refractivity contribution in [2.45, 2.75) is 19.8 Å². The summed E-state index contributed by atoms with van der Waals surface area (Å²) in [4.78, 5) is 0. The van der Waals surface area contributed by atoms with Crippen molar-refractivity contribution >= 4 is 6.34 Å². The third-order valence-electron chi connectivity index (χ3n) is 1.21. The van der Waals surface area contributed by atoms with Gasteiger partial charge in [-0.25, -0.2) is 5.01 Å². The van der Waals surface area contributed by atoms with E-state index in [2.05, 4.69) is 5.10 Å². The van der Waals surface area contributed by atoms with Gasteiger partial charge < -0.3 is 0 Å². The molecule has 0 aromatic rings. The molecule has 0 aliphatic carbocycles. The van der Waals surface area contributed by atoms with Crippen LogP contribution in [-0.2, 0) is 0 Å². The first kappa shape index (κ1) is 7.24. The molecule has 10 heavy (non-hydrogen) atoms. The zero-order valence-electron chi connectivity index (χ0n) is 5.67. The van der Waals surface area contributed by atoms with E-state index in [9.17, 15) is 8.87 Å². The van der Waals surface area contributed by atoms with Crippen LogP contribution in [0, 0.1) is 0 Å². The van der Waals surface area contributed by atoms with E-state index in [1.165, 1.54) is 0 Å². The highest BCUT2D eigenvalue weighted by Gasteiger charge is 2.26. The number of nitrogens with zero attached hydrogens (tertiary/aromatic N) is 3. The lowest BCUT2D eigenvalue weighted by Crippen LogP contribution is -2.31. The van der Waals surface area contributed by atoms with Crippen LogP contribution in [0.5, 0.6) is 0 Å². The lowest BCUT2D eigenvalue weighted by atomic mass is 10.5. The molecule has 0 radical (unpaired) electrons. The molecule has 0 bridgehead atoms. The molecule has 0 amide bonds. The smallest absolute Gasteiger partial charge is 0.243 e. The number of hydrogen-bond donors (Lipinski definition) is 0. The Bertz CT molecular complexity index is 139. The number of halogens is 2. The van der Waals surface area contributed by atoms with Crippen LogP contribution in [0.1, 0.15) is 13.3 Å². The quantitative estimate of drug-likeness (QED) is 0.432. The molecule has 58 valence electrons. The maximum absolute atomic E-state index is 12.5. The molecule has 0 aromatic heterocycles. The molecule has 1 rings (SSSR count). The fraction of sp³-hybridized carbons (Fsp3) is 0.800. The van der Waals surface area contributed by atoms with Gasteiger partial charge in [-0.1, -0.05) is 11.4 Å². The molecule has 0 saturated heterocycles. The molecule has 1 aliphatic heterocycles. The van der Waals surface area contributed by atoms with Crippen LogP contribution < -0.4 is 0 Å². The normalized spacial score (nSPS) is 24.5. The van der Waals surface area contributed by atoms with Crippen LogP contribution in [-0.4, -0.2) is 29.4 Å². The molecule has 1 unspecified atom stereocenters. The highest BCUT2D eigenvalue weighted by atomic mass is 19.2. The Balaban J connectivity index is 2.41. The van der Waals surface area contributed by atoms with E-state index in [0.717, 1.165) is 17.8 Å². The van der Waals surface area contributed by atoms with Crippen LogP contribution in [0.4, 0.5) is 8.87 Å². The minimum atomic E-state index is -1.72. The molecule has 1 atom stereocenters. The lowest BCUT2D eigenvalue weighted by molar-refractivity contribution is -0.0758. The van der Waals surface area contributed by atoms with Crippen LogP contribution in [0.15, 0.2) is 5.10 Å². The van der Waals surface area contributed by atoms with Crippen molar-refractivity contribution in [1.82, 2.24) is 10.1 Å². The van der Waals surface area contributed by atoms with Gasteiger partial charge >= 0.3 is 0 Å². The summed E-state index contributed by atoms with van der Waals surface area (Å²) in [5, 5.41) is 4.47. The Morgan fingerprint density at radius 3 is 2.80 bits per heavy atom. The summed E-state index contributed by atoms with van der Waals surface area (Å²) in [6, 6.07) is 0. The Hall–Kier alpha value is -0.870. The van der Waals surface area contributed by atoms with Gasteiger partial charge in [-0.05, 0) is 6.42 Å². The van der Waals surface area contributed by atoms with Crippen LogP contribution in [0.2, 0.25) is 0 Å². The zero-order chi connectivity index (χ0) is 7.56. The molecule has 0 aromatic carbocycles. The predicted molar refractivity (Wildman–Crippen MR) is 33.3 cm³/mol.